The first kappa shape index (κ1) is 24.7. The predicted molar refractivity (Wildman–Crippen MR) is 146 cm³/mol. The normalized spacial score (nSPS) is 13.3. The Hall–Kier alpha value is -3.42. The fourth-order valence-corrected chi connectivity index (χ4v) is 4.44. The van der Waals surface area contributed by atoms with Crippen LogP contribution in [0.5, 0.6) is 0 Å². The van der Waals surface area contributed by atoms with Crippen molar-refractivity contribution in [3.8, 4) is 0 Å². The maximum absolute atomic E-state index is 12.7. The highest BCUT2D eigenvalue weighted by Gasteiger charge is 2.22. The van der Waals surface area contributed by atoms with Crippen LogP contribution in [0.4, 0.5) is 11.4 Å². The minimum atomic E-state index is -0.234. The number of carbonyl (C=O) groups excluding carboxylic acids is 2. The van der Waals surface area contributed by atoms with Crippen molar-refractivity contribution in [3.63, 3.8) is 0 Å². The lowest BCUT2D eigenvalue weighted by Gasteiger charge is -2.36. The predicted octanol–water partition coefficient (Wildman–Crippen LogP) is 5.05. The molecular formula is C27H27ClN4O2S. The summed E-state index contributed by atoms with van der Waals surface area (Å²) in [4.78, 5) is 29.4. The van der Waals surface area contributed by atoms with Gasteiger partial charge in [0.1, 0.15) is 0 Å². The van der Waals surface area contributed by atoms with Gasteiger partial charge in [0.05, 0.1) is 0 Å². The van der Waals surface area contributed by atoms with Gasteiger partial charge in [-0.1, -0.05) is 29.3 Å². The van der Waals surface area contributed by atoms with Crippen LogP contribution in [0.2, 0.25) is 5.02 Å². The van der Waals surface area contributed by atoms with E-state index in [1.54, 1.807) is 30.3 Å². The zero-order valence-electron chi connectivity index (χ0n) is 19.7. The van der Waals surface area contributed by atoms with Crippen molar-refractivity contribution >= 4 is 52.1 Å². The van der Waals surface area contributed by atoms with Crippen molar-refractivity contribution in [2.45, 2.75) is 13.8 Å². The third-order valence-electron chi connectivity index (χ3n) is 6.00. The molecule has 4 rings (SSSR count). The lowest BCUT2D eigenvalue weighted by Crippen LogP contribution is -2.48. The molecule has 0 atom stereocenters. The highest BCUT2D eigenvalue weighted by atomic mass is 35.5. The molecule has 1 fully saturated rings. The van der Waals surface area contributed by atoms with E-state index in [0.29, 0.717) is 29.2 Å². The first-order valence-corrected chi connectivity index (χ1v) is 12.2. The zero-order valence-corrected chi connectivity index (χ0v) is 21.2. The average molecular weight is 507 g/mol. The van der Waals surface area contributed by atoms with Gasteiger partial charge in [-0.3, -0.25) is 14.9 Å². The van der Waals surface area contributed by atoms with Crippen LogP contribution in [0.25, 0.3) is 0 Å². The Morgan fingerprint density at radius 2 is 1.54 bits per heavy atom. The van der Waals surface area contributed by atoms with Crippen LogP contribution in [0.3, 0.4) is 0 Å². The molecule has 0 saturated carbocycles. The molecule has 0 spiro atoms. The number of anilines is 2. The summed E-state index contributed by atoms with van der Waals surface area (Å²) in [6, 6.07) is 20.5. The smallest absolute Gasteiger partial charge is 0.257 e. The molecule has 180 valence electrons. The monoisotopic (exact) mass is 506 g/mol. The number of piperazine rings is 1. The second-order valence-corrected chi connectivity index (χ2v) is 9.40. The first-order valence-electron chi connectivity index (χ1n) is 11.4. The van der Waals surface area contributed by atoms with Crippen molar-refractivity contribution in [2.75, 3.05) is 36.4 Å². The summed E-state index contributed by atoms with van der Waals surface area (Å²) in [5, 5.41) is 6.67. The van der Waals surface area contributed by atoms with Crippen LogP contribution < -0.4 is 15.5 Å². The van der Waals surface area contributed by atoms with Gasteiger partial charge >= 0.3 is 0 Å². The maximum atomic E-state index is 12.7. The minimum absolute atomic E-state index is 0.0252. The van der Waals surface area contributed by atoms with Crippen LogP contribution in [0.15, 0.2) is 66.7 Å². The molecule has 0 aromatic heterocycles. The maximum Gasteiger partial charge on any atom is 0.257 e. The molecule has 2 N–H and O–H groups in total. The second kappa shape index (κ2) is 10.9. The lowest BCUT2D eigenvalue weighted by molar-refractivity contribution is 0.0746. The molecule has 35 heavy (non-hydrogen) atoms. The molecule has 0 aliphatic carbocycles. The molecule has 3 aromatic carbocycles. The summed E-state index contributed by atoms with van der Waals surface area (Å²) in [7, 11) is 0. The number of hydrogen-bond acceptors (Lipinski definition) is 4. The van der Waals surface area contributed by atoms with Crippen molar-refractivity contribution in [3.05, 3.63) is 94.0 Å². The van der Waals surface area contributed by atoms with E-state index in [2.05, 4.69) is 15.5 Å². The number of benzene rings is 3. The van der Waals surface area contributed by atoms with E-state index in [1.807, 2.05) is 55.1 Å². The van der Waals surface area contributed by atoms with Gasteiger partial charge < -0.3 is 15.1 Å². The van der Waals surface area contributed by atoms with Gasteiger partial charge in [-0.25, -0.2) is 0 Å². The van der Waals surface area contributed by atoms with Crippen molar-refractivity contribution in [1.29, 1.82) is 0 Å². The summed E-state index contributed by atoms with van der Waals surface area (Å²) in [5.74, 6) is -0.208. The molecule has 6 nitrogen and oxygen atoms in total. The number of thiocarbonyl (C=S) groups is 1. The number of amides is 2. The summed E-state index contributed by atoms with van der Waals surface area (Å²) in [6.45, 7) is 6.69. The van der Waals surface area contributed by atoms with Crippen LogP contribution in [-0.4, -0.2) is 48.0 Å². The largest absolute Gasteiger partial charge is 0.368 e. The highest BCUT2D eigenvalue weighted by molar-refractivity contribution is 7.80. The van der Waals surface area contributed by atoms with Crippen LogP contribution in [0, 0.1) is 13.8 Å². The first-order chi connectivity index (χ1) is 16.8. The standard InChI is InChI=1S/C27H27ClN4O2S/c1-18-3-12-24(19(2)17-18)25(33)30-27(35)29-22-8-10-23(11-9-22)31-13-15-32(16-14-31)26(34)20-4-6-21(28)7-5-20/h3-12,17H,13-16H2,1-2H3,(H2,29,30,33,35). The van der Waals surface area contributed by atoms with Crippen LogP contribution in [-0.2, 0) is 0 Å². The molecule has 3 aromatic rings. The van der Waals surface area contributed by atoms with Gasteiger partial charge in [-0.05, 0) is 86.2 Å². The number of nitrogens with zero attached hydrogens (tertiary/aromatic N) is 2. The molecule has 1 aliphatic rings. The minimum Gasteiger partial charge on any atom is -0.368 e. The van der Waals surface area contributed by atoms with E-state index in [0.717, 1.165) is 35.6 Å². The van der Waals surface area contributed by atoms with Crippen molar-refractivity contribution in [2.24, 2.45) is 0 Å². The number of carbonyl (C=O) groups is 2. The number of halogens is 1. The molecular weight excluding hydrogens is 480 g/mol. The van der Waals surface area contributed by atoms with Crippen molar-refractivity contribution in [1.82, 2.24) is 10.2 Å². The molecule has 1 heterocycles. The Bertz CT molecular complexity index is 1240. The molecule has 2 amide bonds. The SMILES string of the molecule is Cc1ccc(C(=O)NC(=S)Nc2ccc(N3CCN(C(=O)c4ccc(Cl)cc4)CC3)cc2)c(C)c1. The van der Waals surface area contributed by atoms with Gasteiger partial charge in [-0.15, -0.1) is 0 Å². The molecule has 0 bridgehead atoms. The van der Waals surface area contributed by atoms with E-state index in [-0.39, 0.29) is 16.9 Å². The van der Waals surface area contributed by atoms with Gasteiger partial charge in [0.15, 0.2) is 5.11 Å². The van der Waals surface area contributed by atoms with E-state index in [1.165, 1.54) is 0 Å². The third kappa shape index (κ3) is 6.18. The summed E-state index contributed by atoms with van der Waals surface area (Å²) < 4.78 is 0. The highest BCUT2D eigenvalue weighted by Crippen LogP contribution is 2.21. The molecule has 1 aliphatic heterocycles. The van der Waals surface area contributed by atoms with Gasteiger partial charge in [0, 0.05) is 53.7 Å². The van der Waals surface area contributed by atoms with E-state index >= 15 is 0 Å². The molecule has 0 radical (unpaired) electrons. The number of nitrogens with one attached hydrogen (secondary N) is 2. The number of rotatable bonds is 4. The fraction of sp³-hybridized carbons (Fsp3) is 0.222. The average Bonchev–Trinajstić information content (AvgIpc) is 2.84. The summed E-state index contributed by atoms with van der Waals surface area (Å²) >= 11 is 11.2. The van der Waals surface area contributed by atoms with E-state index in [4.69, 9.17) is 23.8 Å². The summed E-state index contributed by atoms with van der Waals surface area (Å²) in [5.41, 5.74) is 5.12. The molecule has 0 unspecified atom stereocenters. The molecule has 8 heteroatoms. The molecule has 1 saturated heterocycles. The quantitative estimate of drug-likeness (QED) is 0.485. The van der Waals surface area contributed by atoms with Crippen LogP contribution >= 0.6 is 23.8 Å². The Kier molecular flexibility index (Phi) is 7.68. The third-order valence-corrected chi connectivity index (χ3v) is 6.46. The zero-order chi connectivity index (χ0) is 24.9. The Morgan fingerprint density at radius 1 is 0.886 bits per heavy atom. The number of aryl methyl sites for hydroxylation is 2. The van der Waals surface area contributed by atoms with Gasteiger partial charge in [0.25, 0.3) is 11.8 Å². The van der Waals surface area contributed by atoms with E-state index < -0.39 is 0 Å². The fourth-order valence-electron chi connectivity index (χ4n) is 4.10. The Balaban J connectivity index is 1.29. The van der Waals surface area contributed by atoms with Gasteiger partial charge in [-0.2, -0.15) is 0 Å². The lowest BCUT2D eigenvalue weighted by atomic mass is 10.1. The topological polar surface area (TPSA) is 64.7 Å². The van der Waals surface area contributed by atoms with Gasteiger partial charge in [0.2, 0.25) is 0 Å². The van der Waals surface area contributed by atoms with Crippen LogP contribution in [0.1, 0.15) is 31.8 Å². The van der Waals surface area contributed by atoms with Crippen molar-refractivity contribution < 1.29 is 9.59 Å². The summed E-state index contributed by atoms with van der Waals surface area (Å²) in [6.07, 6.45) is 0. The van der Waals surface area contributed by atoms with E-state index in [9.17, 15) is 9.59 Å². The number of hydrogen-bond donors (Lipinski definition) is 2. The Morgan fingerprint density at radius 3 is 2.17 bits per heavy atom. The Labute approximate surface area is 215 Å². The second-order valence-electron chi connectivity index (χ2n) is 8.56.